The highest BCUT2D eigenvalue weighted by Gasteiger charge is 2.45. The molecule has 3 atom stereocenters. The van der Waals surface area contributed by atoms with E-state index in [0.29, 0.717) is 24.7 Å². The zero-order valence-corrected chi connectivity index (χ0v) is 11.2. The smallest absolute Gasteiger partial charge is 0.248 e. The zero-order chi connectivity index (χ0) is 13.6. The first-order chi connectivity index (χ1) is 8.96. The Labute approximate surface area is 112 Å². The SMILES string of the molecule is N[C@H]1CC[C@H]2CN(C(=O)C3CCC(F)(F)CC3)C[C@H]21. The minimum Gasteiger partial charge on any atom is -0.342 e. The van der Waals surface area contributed by atoms with Crippen molar-refractivity contribution < 1.29 is 13.6 Å². The van der Waals surface area contributed by atoms with Gasteiger partial charge in [-0.25, -0.2) is 8.78 Å². The van der Waals surface area contributed by atoms with Gasteiger partial charge >= 0.3 is 0 Å². The fourth-order valence-electron chi connectivity index (χ4n) is 4.03. The summed E-state index contributed by atoms with van der Waals surface area (Å²) in [5.74, 6) is -1.66. The molecule has 3 rings (SSSR count). The second-order valence-electron chi connectivity index (χ2n) is 6.54. The van der Waals surface area contributed by atoms with Gasteiger partial charge in [-0.15, -0.1) is 0 Å². The molecule has 0 aromatic rings. The number of amides is 1. The first-order valence-corrected chi connectivity index (χ1v) is 7.38. The second-order valence-corrected chi connectivity index (χ2v) is 6.54. The molecular weight excluding hydrogens is 250 g/mol. The molecule has 2 N–H and O–H groups in total. The van der Waals surface area contributed by atoms with Crippen molar-refractivity contribution in [2.24, 2.45) is 23.5 Å². The highest BCUT2D eigenvalue weighted by atomic mass is 19.3. The third-order valence-electron chi connectivity index (χ3n) is 5.29. The van der Waals surface area contributed by atoms with Crippen LogP contribution in [0.3, 0.4) is 0 Å². The fraction of sp³-hybridized carbons (Fsp3) is 0.929. The molecule has 1 aliphatic heterocycles. The van der Waals surface area contributed by atoms with Crippen LogP contribution in [0.1, 0.15) is 38.5 Å². The maximum Gasteiger partial charge on any atom is 0.248 e. The minimum atomic E-state index is -2.55. The van der Waals surface area contributed by atoms with E-state index < -0.39 is 5.92 Å². The maximum absolute atomic E-state index is 13.1. The van der Waals surface area contributed by atoms with Gasteiger partial charge in [0.25, 0.3) is 0 Å². The van der Waals surface area contributed by atoms with Crippen LogP contribution in [0.15, 0.2) is 0 Å². The predicted octanol–water partition coefficient (Wildman–Crippen LogP) is 2.01. The Bertz CT molecular complexity index is 364. The Kier molecular flexibility index (Phi) is 3.28. The average Bonchev–Trinajstić information content (AvgIpc) is 2.91. The third-order valence-corrected chi connectivity index (χ3v) is 5.29. The Hall–Kier alpha value is -0.710. The summed E-state index contributed by atoms with van der Waals surface area (Å²) in [5, 5.41) is 0. The van der Waals surface area contributed by atoms with Gasteiger partial charge in [-0.2, -0.15) is 0 Å². The summed E-state index contributed by atoms with van der Waals surface area (Å²) in [6, 6.07) is 0.221. The number of fused-ring (bicyclic) bond motifs is 1. The molecule has 0 bridgehead atoms. The van der Waals surface area contributed by atoms with E-state index in [4.69, 9.17) is 5.73 Å². The highest BCUT2D eigenvalue weighted by Crippen LogP contribution is 2.40. The Morgan fingerprint density at radius 1 is 1.11 bits per heavy atom. The van der Waals surface area contributed by atoms with Crippen LogP contribution in [-0.2, 0) is 4.79 Å². The molecule has 3 fully saturated rings. The van der Waals surface area contributed by atoms with Crippen molar-refractivity contribution in [1.82, 2.24) is 4.90 Å². The summed E-state index contributed by atoms with van der Waals surface area (Å²) < 4.78 is 26.2. The largest absolute Gasteiger partial charge is 0.342 e. The molecule has 3 nitrogen and oxygen atoms in total. The number of nitrogens with zero attached hydrogens (tertiary/aromatic N) is 1. The van der Waals surface area contributed by atoms with E-state index >= 15 is 0 Å². The van der Waals surface area contributed by atoms with Gasteiger partial charge in [-0.1, -0.05) is 0 Å². The van der Waals surface area contributed by atoms with Crippen LogP contribution in [0, 0.1) is 17.8 Å². The molecule has 0 unspecified atom stereocenters. The minimum absolute atomic E-state index is 0.0945. The lowest BCUT2D eigenvalue weighted by Gasteiger charge is -2.30. The van der Waals surface area contributed by atoms with Gasteiger partial charge in [0.15, 0.2) is 0 Å². The number of alkyl halides is 2. The van der Waals surface area contributed by atoms with E-state index in [0.717, 1.165) is 25.9 Å². The van der Waals surface area contributed by atoms with Gasteiger partial charge in [0.1, 0.15) is 0 Å². The van der Waals surface area contributed by atoms with Crippen molar-refractivity contribution in [3.63, 3.8) is 0 Å². The van der Waals surface area contributed by atoms with Gasteiger partial charge in [0, 0.05) is 37.9 Å². The molecular formula is C14H22F2N2O. The number of carbonyl (C=O) groups is 1. The molecule has 5 heteroatoms. The van der Waals surface area contributed by atoms with E-state index in [1.165, 1.54) is 0 Å². The lowest BCUT2D eigenvalue weighted by Crippen LogP contribution is -2.39. The van der Waals surface area contributed by atoms with Crippen LogP contribution in [-0.4, -0.2) is 35.9 Å². The Morgan fingerprint density at radius 2 is 1.79 bits per heavy atom. The van der Waals surface area contributed by atoms with E-state index in [1.54, 1.807) is 0 Å². The molecule has 3 aliphatic rings. The monoisotopic (exact) mass is 272 g/mol. The van der Waals surface area contributed by atoms with Gasteiger partial charge in [-0.3, -0.25) is 4.79 Å². The van der Waals surface area contributed by atoms with Crippen LogP contribution in [0.4, 0.5) is 8.78 Å². The van der Waals surface area contributed by atoms with E-state index in [2.05, 4.69) is 0 Å². The third kappa shape index (κ3) is 2.49. The molecule has 0 spiro atoms. The lowest BCUT2D eigenvalue weighted by atomic mass is 9.86. The molecule has 1 saturated heterocycles. The van der Waals surface area contributed by atoms with E-state index in [9.17, 15) is 13.6 Å². The molecule has 2 saturated carbocycles. The topological polar surface area (TPSA) is 46.3 Å². The molecule has 0 aromatic carbocycles. The van der Waals surface area contributed by atoms with Crippen LogP contribution in [0.25, 0.3) is 0 Å². The first-order valence-electron chi connectivity index (χ1n) is 7.38. The molecule has 0 radical (unpaired) electrons. The summed E-state index contributed by atoms with van der Waals surface area (Å²) in [6.07, 6.45) is 2.58. The van der Waals surface area contributed by atoms with E-state index in [1.807, 2.05) is 4.90 Å². The molecule has 2 aliphatic carbocycles. The average molecular weight is 272 g/mol. The molecule has 1 heterocycles. The number of halogens is 2. The van der Waals surface area contributed by atoms with E-state index in [-0.39, 0.29) is 30.7 Å². The molecule has 1 amide bonds. The van der Waals surface area contributed by atoms with Gasteiger partial charge < -0.3 is 10.6 Å². The number of hydrogen-bond donors (Lipinski definition) is 1. The Balaban J connectivity index is 1.57. The van der Waals surface area contributed by atoms with Gasteiger partial charge in [0.05, 0.1) is 0 Å². The zero-order valence-electron chi connectivity index (χ0n) is 11.2. The second kappa shape index (κ2) is 4.69. The van der Waals surface area contributed by atoms with Crippen molar-refractivity contribution in [3.8, 4) is 0 Å². The van der Waals surface area contributed by atoms with Crippen molar-refractivity contribution in [2.75, 3.05) is 13.1 Å². The van der Waals surface area contributed by atoms with Crippen molar-refractivity contribution in [1.29, 1.82) is 0 Å². The van der Waals surface area contributed by atoms with Crippen molar-refractivity contribution in [3.05, 3.63) is 0 Å². The Morgan fingerprint density at radius 3 is 2.42 bits per heavy atom. The van der Waals surface area contributed by atoms with Crippen LogP contribution in [0.2, 0.25) is 0 Å². The van der Waals surface area contributed by atoms with Crippen molar-refractivity contribution >= 4 is 5.91 Å². The summed E-state index contributed by atoms with van der Waals surface area (Å²) >= 11 is 0. The number of carbonyl (C=O) groups excluding carboxylic acids is 1. The number of likely N-dealkylation sites (tertiary alicyclic amines) is 1. The van der Waals surface area contributed by atoms with Crippen LogP contribution < -0.4 is 5.73 Å². The normalized spacial score (nSPS) is 38.5. The maximum atomic E-state index is 13.1. The standard InChI is InChI=1S/C14H22F2N2O/c15-14(16)5-3-9(4-6-14)13(19)18-7-10-1-2-12(17)11(10)8-18/h9-12H,1-8,17H2/t10-,11+,12-/m0/s1. The van der Waals surface area contributed by atoms with Crippen LogP contribution in [0.5, 0.6) is 0 Å². The quantitative estimate of drug-likeness (QED) is 0.793. The molecule has 108 valence electrons. The van der Waals surface area contributed by atoms with Gasteiger partial charge in [0.2, 0.25) is 11.8 Å². The summed E-state index contributed by atoms with van der Waals surface area (Å²) in [5.41, 5.74) is 6.06. The fourth-order valence-corrected chi connectivity index (χ4v) is 4.03. The number of hydrogen-bond acceptors (Lipinski definition) is 2. The number of rotatable bonds is 1. The number of nitrogens with two attached hydrogens (primary N) is 1. The molecule has 19 heavy (non-hydrogen) atoms. The van der Waals surface area contributed by atoms with Gasteiger partial charge in [-0.05, 0) is 37.5 Å². The summed E-state index contributed by atoms with van der Waals surface area (Å²) in [7, 11) is 0. The molecule has 0 aromatic heterocycles. The first kappa shape index (κ1) is 13.3. The predicted molar refractivity (Wildman–Crippen MR) is 67.7 cm³/mol. The van der Waals surface area contributed by atoms with Crippen LogP contribution >= 0.6 is 0 Å². The summed E-state index contributed by atoms with van der Waals surface area (Å²) in [4.78, 5) is 14.3. The van der Waals surface area contributed by atoms with Crippen molar-refractivity contribution in [2.45, 2.75) is 50.5 Å². The highest BCUT2D eigenvalue weighted by molar-refractivity contribution is 5.79. The summed E-state index contributed by atoms with van der Waals surface area (Å²) in [6.45, 7) is 1.54. The lowest BCUT2D eigenvalue weighted by molar-refractivity contribution is -0.138.